The molecule has 1 heterocycles. The van der Waals surface area contributed by atoms with Crippen LogP contribution in [0.15, 0.2) is 85.2 Å². The number of nitrogens with one attached hydrogen (secondary N) is 1. The summed E-state index contributed by atoms with van der Waals surface area (Å²) in [5.74, 6) is 6.17. The lowest BCUT2D eigenvalue weighted by Gasteiger charge is -2.14. The number of rotatable bonds is 3. The molecule has 0 radical (unpaired) electrons. The monoisotopic (exact) mass is 404 g/mol. The zero-order valence-electron chi connectivity index (χ0n) is 16.8. The van der Waals surface area contributed by atoms with E-state index in [1.165, 1.54) is 22.3 Å². The van der Waals surface area contributed by atoms with Crippen molar-refractivity contribution in [1.82, 2.24) is 10.3 Å². The molecule has 3 aromatic carbocycles. The van der Waals surface area contributed by atoms with Gasteiger partial charge in [0.1, 0.15) is 6.61 Å². The van der Waals surface area contributed by atoms with Crippen molar-refractivity contribution < 1.29 is 9.53 Å². The maximum Gasteiger partial charge on any atom is 0.407 e. The second-order valence-corrected chi connectivity index (χ2v) is 7.38. The Morgan fingerprint density at radius 3 is 2.45 bits per heavy atom. The van der Waals surface area contributed by atoms with Gasteiger partial charge >= 0.3 is 6.09 Å². The Bertz CT molecular complexity index is 1280. The smallest absolute Gasteiger partial charge is 0.407 e. The number of ether oxygens (including phenoxy) is 1. The van der Waals surface area contributed by atoms with Crippen LogP contribution < -0.4 is 5.32 Å². The number of aromatic nitrogens is 1. The molecule has 4 nitrogen and oxygen atoms in total. The molecule has 0 fully saturated rings. The Kier molecular flexibility index (Phi) is 5.08. The Morgan fingerprint density at radius 2 is 1.68 bits per heavy atom. The van der Waals surface area contributed by atoms with Crippen LogP contribution in [0.1, 0.15) is 22.6 Å². The summed E-state index contributed by atoms with van der Waals surface area (Å²) in [5, 5.41) is 4.81. The van der Waals surface area contributed by atoms with Gasteiger partial charge in [0, 0.05) is 34.6 Å². The van der Waals surface area contributed by atoms with Gasteiger partial charge in [0.05, 0.1) is 6.54 Å². The second-order valence-electron chi connectivity index (χ2n) is 7.38. The van der Waals surface area contributed by atoms with Gasteiger partial charge in [0.15, 0.2) is 0 Å². The van der Waals surface area contributed by atoms with Gasteiger partial charge in [-0.05, 0) is 34.4 Å². The summed E-state index contributed by atoms with van der Waals surface area (Å²) in [6.45, 7) is 0.516. The topological polar surface area (TPSA) is 51.2 Å². The van der Waals surface area contributed by atoms with Crippen LogP contribution in [0.5, 0.6) is 0 Å². The van der Waals surface area contributed by atoms with Gasteiger partial charge in [-0.3, -0.25) is 4.98 Å². The number of hydrogen-bond acceptors (Lipinski definition) is 3. The summed E-state index contributed by atoms with van der Waals surface area (Å²) in [6.07, 6.45) is 3.11. The van der Waals surface area contributed by atoms with Crippen molar-refractivity contribution in [3.8, 4) is 23.0 Å². The molecule has 0 saturated carbocycles. The fraction of sp³-hybridized carbons (Fsp3) is 0.111. The van der Waals surface area contributed by atoms with E-state index in [0.717, 1.165) is 16.3 Å². The summed E-state index contributed by atoms with van der Waals surface area (Å²) in [5.41, 5.74) is 5.73. The molecule has 1 aliphatic rings. The fourth-order valence-electron chi connectivity index (χ4n) is 4.14. The molecule has 4 heteroatoms. The summed E-state index contributed by atoms with van der Waals surface area (Å²) >= 11 is 0. The maximum absolute atomic E-state index is 12.2. The highest BCUT2D eigenvalue weighted by atomic mass is 16.5. The number of carbonyl (C=O) groups is 1. The number of hydrogen-bond donors (Lipinski definition) is 1. The number of fused-ring (bicyclic) bond motifs is 4. The third kappa shape index (κ3) is 3.74. The van der Waals surface area contributed by atoms with Crippen molar-refractivity contribution in [2.45, 2.75) is 5.92 Å². The predicted octanol–water partition coefficient (Wildman–Crippen LogP) is 5.13. The largest absolute Gasteiger partial charge is 0.449 e. The molecule has 1 amide bonds. The molecule has 31 heavy (non-hydrogen) atoms. The lowest BCUT2D eigenvalue weighted by Crippen LogP contribution is -2.26. The average Bonchev–Trinajstić information content (AvgIpc) is 3.14. The quantitative estimate of drug-likeness (QED) is 0.482. The van der Waals surface area contributed by atoms with Crippen LogP contribution in [0, 0.1) is 11.8 Å². The van der Waals surface area contributed by atoms with Crippen LogP contribution >= 0.6 is 0 Å². The zero-order valence-corrected chi connectivity index (χ0v) is 16.8. The normalized spacial score (nSPS) is 11.9. The molecule has 0 aliphatic heterocycles. The van der Waals surface area contributed by atoms with Crippen LogP contribution in [0.3, 0.4) is 0 Å². The van der Waals surface area contributed by atoms with E-state index in [1.807, 2.05) is 54.7 Å². The molecule has 0 bridgehead atoms. The third-order valence-corrected chi connectivity index (χ3v) is 5.57. The number of pyridine rings is 1. The van der Waals surface area contributed by atoms with E-state index >= 15 is 0 Å². The highest BCUT2D eigenvalue weighted by Crippen LogP contribution is 2.44. The number of amides is 1. The number of carbonyl (C=O) groups excluding carboxylic acids is 1. The SMILES string of the molecule is O=C(NCC#Cc1cccc2cnccc12)OCC1c2ccccc2-c2ccccc21. The molecule has 4 aromatic rings. The van der Waals surface area contributed by atoms with Crippen LogP contribution in [-0.2, 0) is 4.74 Å². The molecule has 1 N–H and O–H groups in total. The van der Waals surface area contributed by atoms with E-state index in [9.17, 15) is 4.79 Å². The standard InChI is InChI=1S/C27H20N2O2/c30-27(29-15-6-9-19-7-5-8-20-17-28-16-14-21(19)20)31-18-26-24-12-3-1-10-22(24)23-11-2-4-13-25(23)26/h1-5,7-8,10-14,16-17,26H,15,18H2,(H,29,30). The molecule has 1 aromatic heterocycles. The zero-order chi connectivity index (χ0) is 21.0. The minimum atomic E-state index is -0.460. The number of benzene rings is 3. The molecule has 1 aliphatic carbocycles. The first-order valence-corrected chi connectivity index (χ1v) is 10.2. The van der Waals surface area contributed by atoms with Gasteiger partial charge in [0.2, 0.25) is 0 Å². The molecule has 0 saturated heterocycles. The number of nitrogens with zero attached hydrogens (tertiary/aromatic N) is 1. The van der Waals surface area contributed by atoms with E-state index < -0.39 is 6.09 Å². The van der Waals surface area contributed by atoms with Gasteiger partial charge in [0.25, 0.3) is 0 Å². The maximum atomic E-state index is 12.2. The van der Waals surface area contributed by atoms with Crippen molar-refractivity contribution in [2.75, 3.05) is 13.2 Å². The Morgan fingerprint density at radius 1 is 0.935 bits per heavy atom. The minimum Gasteiger partial charge on any atom is -0.449 e. The van der Waals surface area contributed by atoms with E-state index in [2.05, 4.69) is 46.4 Å². The Balaban J connectivity index is 1.21. The minimum absolute atomic E-state index is 0.0496. The van der Waals surface area contributed by atoms with Gasteiger partial charge in [-0.15, -0.1) is 0 Å². The van der Waals surface area contributed by atoms with Crippen molar-refractivity contribution in [3.63, 3.8) is 0 Å². The highest BCUT2D eigenvalue weighted by molar-refractivity contribution is 5.87. The van der Waals surface area contributed by atoms with E-state index in [0.29, 0.717) is 6.61 Å². The van der Waals surface area contributed by atoms with Gasteiger partial charge in [-0.2, -0.15) is 0 Å². The Hall–Kier alpha value is -4.10. The van der Waals surface area contributed by atoms with Crippen molar-refractivity contribution in [2.24, 2.45) is 0 Å². The first kappa shape index (κ1) is 18.9. The van der Waals surface area contributed by atoms with Crippen molar-refractivity contribution >= 4 is 16.9 Å². The van der Waals surface area contributed by atoms with Gasteiger partial charge in [-0.25, -0.2) is 4.79 Å². The summed E-state index contributed by atoms with van der Waals surface area (Å²) in [7, 11) is 0. The van der Waals surface area contributed by atoms with Crippen LogP contribution in [0.25, 0.3) is 21.9 Å². The van der Waals surface area contributed by atoms with E-state index in [4.69, 9.17) is 4.74 Å². The average molecular weight is 404 g/mol. The summed E-state index contributed by atoms with van der Waals surface area (Å²) in [6, 6.07) is 24.4. The Labute approximate surface area is 180 Å². The lowest BCUT2D eigenvalue weighted by molar-refractivity contribution is 0.144. The van der Waals surface area contributed by atoms with Crippen LogP contribution in [0.4, 0.5) is 4.79 Å². The van der Waals surface area contributed by atoms with Crippen LogP contribution in [0.2, 0.25) is 0 Å². The molecular formula is C27H20N2O2. The van der Waals surface area contributed by atoms with E-state index in [-0.39, 0.29) is 12.5 Å². The fourth-order valence-corrected chi connectivity index (χ4v) is 4.14. The first-order chi connectivity index (χ1) is 15.3. The number of alkyl carbamates (subject to hydrolysis) is 1. The summed E-state index contributed by atoms with van der Waals surface area (Å²) < 4.78 is 5.54. The molecule has 150 valence electrons. The van der Waals surface area contributed by atoms with Crippen LogP contribution in [-0.4, -0.2) is 24.2 Å². The molecular weight excluding hydrogens is 384 g/mol. The van der Waals surface area contributed by atoms with Gasteiger partial charge in [-0.1, -0.05) is 72.5 Å². The third-order valence-electron chi connectivity index (χ3n) is 5.57. The van der Waals surface area contributed by atoms with Crippen molar-refractivity contribution in [3.05, 3.63) is 102 Å². The highest BCUT2D eigenvalue weighted by Gasteiger charge is 2.28. The molecule has 5 rings (SSSR count). The lowest BCUT2D eigenvalue weighted by atomic mass is 9.98. The van der Waals surface area contributed by atoms with Gasteiger partial charge < -0.3 is 10.1 Å². The molecule has 0 atom stereocenters. The van der Waals surface area contributed by atoms with Crippen molar-refractivity contribution in [1.29, 1.82) is 0 Å². The molecule has 0 spiro atoms. The predicted molar refractivity (Wildman–Crippen MR) is 122 cm³/mol. The molecule has 0 unspecified atom stereocenters. The summed E-state index contributed by atoms with van der Waals surface area (Å²) in [4.78, 5) is 16.4. The first-order valence-electron chi connectivity index (χ1n) is 10.2. The van der Waals surface area contributed by atoms with E-state index in [1.54, 1.807) is 6.20 Å². The second kappa shape index (κ2) is 8.33.